The van der Waals surface area contributed by atoms with E-state index in [1.54, 1.807) is 0 Å². The van der Waals surface area contributed by atoms with Gasteiger partial charge in [-0.05, 0) is 43.5 Å². The van der Waals surface area contributed by atoms with Crippen molar-refractivity contribution in [1.82, 2.24) is 4.90 Å². The highest BCUT2D eigenvalue weighted by molar-refractivity contribution is 5.44. The van der Waals surface area contributed by atoms with E-state index in [0.717, 1.165) is 36.1 Å². The molecule has 20 heavy (non-hydrogen) atoms. The highest BCUT2D eigenvalue weighted by atomic mass is 16.6. The van der Waals surface area contributed by atoms with Gasteiger partial charge in [-0.15, -0.1) is 0 Å². The van der Waals surface area contributed by atoms with Crippen molar-refractivity contribution in [3.63, 3.8) is 0 Å². The molecular weight excluding hydrogens is 252 g/mol. The second-order valence-corrected chi connectivity index (χ2v) is 6.03. The zero-order valence-electron chi connectivity index (χ0n) is 12.2. The normalized spacial score (nSPS) is 19.8. The third-order valence-electron chi connectivity index (χ3n) is 4.30. The lowest BCUT2D eigenvalue weighted by Gasteiger charge is -2.31. The maximum absolute atomic E-state index is 6.33. The number of nitrogens with two attached hydrogens (primary N) is 1. The van der Waals surface area contributed by atoms with Crippen LogP contribution in [-0.4, -0.2) is 38.3 Å². The number of benzene rings is 1. The number of rotatable bonds is 5. The van der Waals surface area contributed by atoms with Gasteiger partial charge in [-0.2, -0.15) is 0 Å². The van der Waals surface area contributed by atoms with E-state index in [4.69, 9.17) is 15.2 Å². The lowest BCUT2D eigenvalue weighted by atomic mass is 9.85. The second kappa shape index (κ2) is 6.02. The van der Waals surface area contributed by atoms with E-state index >= 15 is 0 Å². The predicted octanol–water partition coefficient (Wildman–Crippen LogP) is 2.19. The monoisotopic (exact) mass is 276 g/mol. The second-order valence-electron chi connectivity index (χ2n) is 6.03. The molecule has 1 heterocycles. The molecule has 2 N–H and O–H groups in total. The van der Waals surface area contributed by atoms with Gasteiger partial charge in [-0.25, -0.2) is 0 Å². The molecule has 1 saturated carbocycles. The molecule has 1 aliphatic heterocycles. The maximum Gasteiger partial charge on any atom is 0.161 e. The predicted molar refractivity (Wildman–Crippen MR) is 79.2 cm³/mol. The molecule has 0 bridgehead atoms. The van der Waals surface area contributed by atoms with Gasteiger partial charge in [0.2, 0.25) is 0 Å². The summed E-state index contributed by atoms with van der Waals surface area (Å²) in [5, 5.41) is 0. The summed E-state index contributed by atoms with van der Waals surface area (Å²) in [7, 11) is 2.16. The first-order valence-electron chi connectivity index (χ1n) is 7.56. The molecule has 0 aromatic heterocycles. The summed E-state index contributed by atoms with van der Waals surface area (Å²) in [5.41, 5.74) is 7.45. The molecule has 110 valence electrons. The Balaban J connectivity index is 1.59. The van der Waals surface area contributed by atoms with Crippen LogP contribution in [0.1, 0.15) is 30.9 Å². The minimum atomic E-state index is 0.0240. The molecule has 0 spiro atoms. The molecule has 0 saturated heterocycles. The fourth-order valence-electron chi connectivity index (χ4n) is 2.92. The Morgan fingerprint density at radius 2 is 2.00 bits per heavy atom. The van der Waals surface area contributed by atoms with Crippen molar-refractivity contribution >= 4 is 0 Å². The Labute approximate surface area is 120 Å². The number of likely N-dealkylation sites (N-methyl/N-ethyl adjacent to an activating group) is 1. The van der Waals surface area contributed by atoms with Gasteiger partial charge in [0.1, 0.15) is 13.2 Å². The van der Waals surface area contributed by atoms with Crippen LogP contribution in [0.15, 0.2) is 18.2 Å². The summed E-state index contributed by atoms with van der Waals surface area (Å²) < 4.78 is 11.2. The van der Waals surface area contributed by atoms with E-state index in [-0.39, 0.29) is 6.04 Å². The smallest absolute Gasteiger partial charge is 0.161 e. The van der Waals surface area contributed by atoms with Crippen LogP contribution in [0, 0.1) is 5.92 Å². The van der Waals surface area contributed by atoms with Crippen LogP contribution in [-0.2, 0) is 0 Å². The van der Waals surface area contributed by atoms with Gasteiger partial charge in [0.15, 0.2) is 11.5 Å². The third kappa shape index (κ3) is 3.07. The van der Waals surface area contributed by atoms with Crippen LogP contribution in [0.5, 0.6) is 11.5 Å². The Morgan fingerprint density at radius 3 is 2.70 bits per heavy atom. The number of hydrogen-bond acceptors (Lipinski definition) is 4. The maximum atomic E-state index is 6.33. The summed E-state index contributed by atoms with van der Waals surface area (Å²) in [6, 6.07) is 6.07. The zero-order chi connectivity index (χ0) is 13.9. The Morgan fingerprint density at radius 1 is 1.25 bits per heavy atom. The zero-order valence-corrected chi connectivity index (χ0v) is 12.2. The van der Waals surface area contributed by atoms with Crippen molar-refractivity contribution in [2.45, 2.75) is 25.3 Å². The SMILES string of the molecule is CN(CC1CCC1)CC(N)c1ccc2c(c1)OCCO2. The summed E-state index contributed by atoms with van der Waals surface area (Å²) in [6.07, 6.45) is 4.15. The van der Waals surface area contributed by atoms with E-state index in [0.29, 0.717) is 13.2 Å². The molecule has 1 aliphatic carbocycles. The van der Waals surface area contributed by atoms with E-state index in [1.165, 1.54) is 19.3 Å². The topological polar surface area (TPSA) is 47.7 Å². The molecule has 1 aromatic rings. The van der Waals surface area contributed by atoms with Crippen LogP contribution < -0.4 is 15.2 Å². The Kier molecular flexibility index (Phi) is 4.13. The molecule has 2 aliphatic rings. The Hall–Kier alpha value is -1.26. The van der Waals surface area contributed by atoms with Crippen molar-refractivity contribution in [3.05, 3.63) is 23.8 Å². The van der Waals surface area contributed by atoms with E-state index in [9.17, 15) is 0 Å². The first-order valence-corrected chi connectivity index (χ1v) is 7.56. The lowest BCUT2D eigenvalue weighted by Crippen LogP contribution is -2.34. The van der Waals surface area contributed by atoms with Crippen molar-refractivity contribution in [1.29, 1.82) is 0 Å². The number of fused-ring (bicyclic) bond motifs is 1. The Bertz CT molecular complexity index is 460. The highest BCUT2D eigenvalue weighted by Crippen LogP contribution is 2.32. The molecule has 3 rings (SSSR count). The average Bonchev–Trinajstić information content (AvgIpc) is 2.42. The van der Waals surface area contributed by atoms with Crippen molar-refractivity contribution in [3.8, 4) is 11.5 Å². The van der Waals surface area contributed by atoms with E-state index in [2.05, 4.69) is 18.0 Å². The third-order valence-corrected chi connectivity index (χ3v) is 4.30. The van der Waals surface area contributed by atoms with Gasteiger partial charge in [0, 0.05) is 19.1 Å². The molecule has 4 nitrogen and oxygen atoms in total. The average molecular weight is 276 g/mol. The molecule has 1 aromatic carbocycles. The molecule has 1 atom stereocenters. The van der Waals surface area contributed by atoms with Crippen LogP contribution >= 0.6 is 0 Å². The largest absolute Gasteiger partial charge is 0.486 e. The van der Waals surface area contributed by atoms with Crippen LogP contribution in [0.25, 0.3) is 0 Å². The number of nitrogens with zero attached hydrogens (tertiary/aromatic N) is 1. The minimum Gasteiger partial charge on any atom is -0.486 e. The van der Waals surface area contributed by atoms with Gasteiger partial charge in [-0.1, -0.05) is 12.5 Å². The van der Waals surface area contributed by atoms with Gasteiger partial charge in [0.25, 0.3) is 0 Å². The first kappa shape index (κ1) is 13.7. The fraction of sp³-hybridized carbons (Fsp3) is 0.625. The quantitative estimate of drug-likeness (QED) is 0.895. The summed E-state index contributed by atoms with van der Waals surface area (Å²) in [6.45, 7) is 3.30. The van der Waals surface area contributed by atoms with Gasteiger partial charge < -0.3 is 20.1 Å². The van der Waals surface area contributed by atoms with Gasteiger partial charge in [0.05, 0.1) is 0 Å². The molecule has 1 unspecified atom stereocenters. The molecular formula is C16H24N2O2. The van der Waals surface area contributed by atoms with Crippen molar-refractivity contribution < 1.29 is 9.47 Å². The standard InChI is InChI=1S/C16H24N2O2/c1-18(10-12-3-2-4-12)11-14(17)13-5-6-15-16(9-13)20-8-7-19-15/h5-6,9,12,14H,2-4,7-8,10-11,17H2,1H3. The summed E-state index contributed by atoms with van der Waals surface area (Å²) in [4.78, 5) is 2.35. The number of hydrogen-bond donors (Lipinski definition) is 1. The molecule has 0 radical (unpaired) electrons. The van der Waals surface area contributed by atoms with E-state index in [1.807, 2.05) is 12.1 Å². The van der Waals surface area contributed by atoms with Crippen LogP contribution in [0.2, 0.25) is 0 Å². The number of ether oxygens (including phenoxy) is 2. The molecule has 1 fully saturated rings. The van der Waals surface area contributed by atoms with Gasteiger partial charge in [-0.3, -0.25) is 0 Å². The highest BCUT2D eigenvalue weighted by Gasteiger charge is 2.21. The van der Waals surface area contributed by atoms with Crippen LogP contribution in [0.3, 0.4) is 0 Å². The lowest BCUT2D eigenvalue weighted by molar-refractivity contribution is 0.171. The summed E-state index contributed by atoms with van der Waals surface area (Å²) >= 11 is 0. The summed E-state index contributed by atoms with van der Waals surface area (Å²) in [5.74, 6) is 2.54. The van der Waals surface area contributed by atoms with Crippen molar-refractivity contribution in [2.24, 2.45) is 11.7 Å². The minimum absolute atomic E-state index is 0.0240. The van der Waals surface area contributed by atoms with Crippen molar-refractivity contribution in [2.75, 3.05) is 33.4 Å². The van der Waals surface area contributed by atoms with Gasteiger partial charge >= 0.3 is 0 Å². The molecule has 0 amide bonds. The fourth-order valence-corrected chi connectivity index (χ4v) is 2.92. The first-order chi connectivity index (χ1) is 9.72. The van der Waals surface area contributed by atoms with Crippen LogP contribution in [0.4, 0.5) is 0 Å². The molecule has 4 heteroatoms. The van der Waals surface area contributed by atoms with E-state index < -0.39 is 0 Å².